The molecule has 112 valence electrons. The Morgan fingerprint density at radius 1 is 1.40 bits per heavy atom. The van der Waals surface area contributed by atoms with Crippen molar-refractivity contribution in [3.63, 3.8) is 0 Å². The molecule has 1 unspecified atom stereocenters. The summed E-state index contributed by atoms with van der Waals surface area (Å²) in [5, 5.41) is 0. The second-order valence-electron chi connectivity index (χ2n) is 4.66. The second kappa shape index (κ2) is 6.15. The van der Waals surface area contributed by atoms with Crippen LogP contribution in [0.15, 0.2) is 23.1 Å². The van der Waals surface area contributed by atoms with Gasteiger partial charge in [0.05, 0.1) is 6.10 Å². The molecule has 0 saturated carbocycles. The van der Waals surface area contributed by atoms with Crippen molar-refractivity contribution >= 4 is 10.0 Å². The van der Waals surface area contributed by atoms with Crippen molar-refractivity contribution in [2.45, 2.75) is 30.8 Å². The maximum Gasteiger partial charge on any atom is 0.246 e. The Bertz CT molecular complexity index is 575. The maximum atomic E-state index is 13.7. The maximum absolute atomic E-state index is 13.7. The topological polar surface area (TPSA) is 46.6 Å². The molecule has 1 aliphatic heterocycles. The van der Waals surface area contributed by atoms with E-state index in [0.717, 1.165) is 28.9 Å². The van der Waals surface area contributed by atoms with E-state index >= 15 is 0 Å². The van der Waals surface area contributed by atoms with E-state index in [1.165, 1.54) is 0 Å². The Hall–Kier alpha value is -1.05. The molecular formula is C13H17F2NO3S. The first-order valence-electron chi connectivity index (χ1n) is 6.52. The molecule has 1 fully saturated rings. The quantitative estimate of drug-likeness (QED) is 0.856. The predicted molar refractivity (Wildman–Crippen MR) is 69.8 cm³/mol. The number of hydrogen-bond donors (Lipinski definition) is 0. The number of ether oxygens (including phenoxy) is 1. The number of piperidine rings is 1. The molecule has 0 N–H and O–H groups in total. The smallest absolute Gasteiger partial charge is 0.246 e. The predicted octanol–water partition coefficient (Wildman–Crippen LogP) is 2.15. The highest BCUT2D eigenvalue weighted by molar-refractivity contribution is 7.89. The lowest BCUT2D eigenvalue weighted by Gasteiger charge is -2.31. The molecule has 0 amide bonds. The van der Waals surface area contributed by atoms with Gasteiger partial charge in [0.25, 0.3) is 0 Å². The highest BCUT2D eigenvalue weighted by Crippen LogP contribution is 2.24. The minimum absolute atomic E-state index is 0.173. The van der Waals surface area contributed by atoms with Crippen LogP contribution in [0.1, 0.15) is 19.8 Å². The number of nitrogens with zero attached hydrogens (tertiary/aromatic N) is 1. The zero-order chi connectivity index (χ0) is 14.8. The molecular weight excluding hydrogens is 288 g/mol. The zero-order valence-electron chi connectivity index (χ0n) is 11.2. The van der Waals surface area contributed by atoms with Gasteiger partial charge in [0.15, 0.2) is 0 Å². The highest BCUT2D eigenvalue weighted by Gasteiger charge is 2.32. The van der Waals surface area contributed by atoms with E-state index in [9.17, 15) is 17.2 Å². The van der Waals surface area contributed by atoms with Gasteiger partial charge in [-0.05, 0) is 38.0 Å². The third-order valence-corrected chi connectivity index (χ3v) is 5.13. The van der Waals surface area contributed by atoms with Crippen molar-refractivity contribution < 1.29 is 21.9 Å². The SMILES string of the molecule is CCOC1CCCN(S(=O)(=O)c2cc(F)ccc2F)C1. The minimum Gasteiger partial charge on any atom is -0.377 e. The fourth-order valence-electron chi connectivity index (χ4n) is 2.31. The van der Waals surface area contributed by atoms with Crippen molar-refractivity contribution in [2.24, 2.45) is 0 Å². The van der Waals surface area contributed by atoms with E-state index in [4.69, 9.17) is 4.74 Å². The minimum atomic E-state index is -4.03. The molecule has 0 bridgehead atoms. The van der Waals surface area contributed by atoms with Gasteiger partial charge in [0.1, 0.15) is 16.5 Å². The second-order valence-corrected chi connectivity index (χ2v) is 6.56. The lowest BCUT2D eigenvalue weighted by Crippen LogP contribution is -2.43. The molecule has 0 spiro atoms. The number of halogens is 2. The van der Waals surface area contributed by atoms with Crippen molar-refractivity contribution in [3.05, 3.63) is 29.8 Å². The summed E-state index contributed by atoms with van der Waals surface area (Å²) < 4.78 is 58.2. The summed E-state index contributed by atoms with van der Waals surface area (Å²) in [6.45, 7) is 2.79. The Kier molecular flexibility index (Phi) is 4.72. The van der Waals surface area contributed by atoms with E-state index < -0.39 is 26.6 Å². The van der Waals surface area contributed by atoms with Gasteiger partial charge in [-0.2, -0.15) is 4.31 Å². The molecule has 0 radical (unpaired) electrons. The molecule has 1 heterocycles. The van der Waals surface area contributed by atoms with Crippen LogP contribution in [-0.2, 0) is 14.8 Å². The first kappa shape index (κ1) is 15.3. The Morgan fingerprint density at radius 2 is 2.15 bits per heavy atom. The van der Waals surface area contributed by atoms with Crippen LogP contribution in [0, 0.1) is 11.6 Å². The summed E-state index contributed by atoms with van der Waals surface area (Å²) in [4.78, 5) is -0.616. The van der Waals surface area contributed by atoms with Crippen molar-refractivity contribution in [1.29, 1.82) is 0 Å². The van der Waals surface area contributed by atoms with E-state index in [-0.39, 0.29) is 12.6 Å². The van der Waals surface area contributed by atoms with Crippen LogP contribution in [0.4, 0.5) is 8.78 Å². The molecule has 1 aliphatic rings. The van der Waals surface area contributed by atoms with E-state index in [0.29, 0.717) is 19.6 Å². The van der Waals surface area contributed by atoms with Crippen LogP contribution in [0.2, 0.25) is 0 Å². The van der Waals surface area contributed by atoms with Crippen LogP contribution >= 0.6 is 0 Å². The van der Waals surface area contributed by atoms with Crippen molar-refractivity contribution in [2.75, 3.05) is 19.7 Å². The molecule has 1 aromatic carbocycles. The summed E-state index contributed by atoms with van der Waals surface area (Å²) >= 11 is 0. The van der Waals surface area contributed by atoms with Gasteiger partial charge in [-0.1, -0.05) is 0 Å². The number of sulfonamides is 1. The fourth-order valence-corrected chi connectivity index (χ4v) is 3.90. The molecule has 7 heteroatoms. The van der Waals surface area contributed by atoms with Gasteiger partial charge in [-0.3, -0.25) is 0 Å². The molecule has 4 nitrogen and oxygen atoms in total. The molecule has 1 saturated heterocycles. The Morgan fingerprint density at radius 3 is 2.85 bits per heavy atom. The molecule has 1 aromatic rings. The van der Waals surface area contributed by atoms with E-state index in [2.05, 4.69) is 0 Å². The van der Waals surface area contributed by atoms with Gasteiger partial charge in [-0.25, -0.2) is 17.2 Å². The van der Waals surface area contributed by atoms with E-state index in [1.807, 2.05) is 6.92 Å². The van der Waals surface area contributed by atoms with Gasteiger partial charge < -0.3 is 4.74 Å². The average Bonchev–Trinajstić information content (AvgIpc) is 2.42. The highest BCUT2D eigenvalue weighted by atomic mass is 32.2. The summed E-state index contributed by atoms with van der Waals surface area (Å²) in [5.41, 5.74) is 0. The van der Waals surface area contributed by atoms with Gasteiger partial charge in [0.2, 0.25) is 10.0 Å². The Labute approximate surface area is 117 Å². The van der Waals surface area contributed by atoms with Crippen molar-refractivity contribution in [1.82, 2.24) is 4.31 Å². The molecule has 0 aromatic heterocycles. The fraction of sp³-hybridized carbons (Fsp3) is 0.538. The standard InChI is InChI=1S/C13H17F2NO3S/c1-2-19-11-4-3-7-16(9-11)20(17,18)13-8-10(14)5-6-12(13)15/h5-6,8,11H,2-4,7,9H2,1H3. The summed E-state index contributed by atoms with van der Waals surface area (Å²) in [6.07, 6.45) is 1.21. The van der Waals surface area contributed by atoms with Gasteiger partial charge >= 0.3 is 0 Å². The largest absolute Gasteiger partial charge is 0.377 e. The Balaban J connectivity index is 2.27. The molecule has 2 rings (SSSR count). The van der Waals surface area contributed by atoms with E-state index in [1.54, 1.807) is 0 Å². The third kappa shape index (κ3) is 3.16. The van der Waals surface area contributed by atoms with Crippen LogP contribution in [0.3, 0.4) is 0 Å². The number of hydrogen-bond acceptors (Lipinski definition) is 3. The number of benzene rings is 1. The zero-order valence-corrected chi connectivity index (χ0v) is 12.0. The van der Waals surface area contributed by atoms with Crippen LogP contribution in [-0.4, -0.2) is 38.5 Å². The summed E-state index contributed by atoms with van der Waals surface area (Å²) in [6, 6.07) is 2.44. The lowest BCUT2D eigenvalue weighted by atomic mass is 10.1. The monoisotopic (exact) mass is 305 g/mol. The number of rotatable bonds is 4. The lowest BCUT2D eigenvalue weighted by molar-refractivity contribution is 0.0264. The van der Waals surface area contributed by atoms with Crippen LogP contribution < -0.4 is 0 Å². The molecule has 1 atom stereocenters. The first-order chi connectivity index (χ1) is 9.45. The van der Waals surface area contributed by atoms with Gasteiger partial charge in [-0.15, -0.1) is 0 Å². The summed E-state index contributed by atoms with van der Waals surface area (Å²) in [5.74, 6) is -1.71. The van der Waals surface area contributed by atoms with Crippen molar-refractivity contribution in [3.8, 4) is 0 Å². The third-order valence-electron chi connectivity index (χ3n) is 3.25. The normalized spacial score (nSPS) is 21.1. The summed E-state index contributed by atoms with van der Waals surface area (Å²) in [7, 11) is -4.03. The van der Waals surface area contributed by atoms with Gasteiger partial charge in [0, 0.05) is 19.7 Å². The first-order valence-corrected chi connectivity index (χ1v) is 7.96. The molecule has 20 heavy (non-hydrogen) atoms. The van der Waals surface area contributed by atoms with Crippen LogP contribution in [0.25, 0.3) is 0 Å². The molecule has 0 aliphatic carbocycles. The average molecular weight is 305 g/mol. The van der Waals surface area contributed by atoms with Crippen LogP contribution in [0.5, 0.6) is 0 Å².